The summed E-state index contributed by atoms with van der Waals surface area (Å²) in [5.74, 6) is 0.998. The maximum Gasteiger partial charge on any atom is 0.0336 e. The van der Waals surface area contributed by atoms with E-state index in [1.807, 2.05) is 0 Å². The van der Waals surface area contributed by atoms with Gasteiger partial charge >= 0.3 is 0 Å². The largest absolute Gasteiger partial charge is 0.308 e. The van der Waals surface area contributed by atoms with Crippen molar-refractivity contribution in [3.05, 3.63) is 0 Å². The fourth-order valence-corrected chi connectivity index (χ4v) is 1.09. The molecule has 2 atom stereocenters. The molecule has 0 aromatic rings. The Morgan fingerprint density at radius 3 is 2.33 bits per heavy atom. The van der Waals surface area contributed by atoms with Crippen LogP contribution in [0.25, 0.3) is 0 Å². The highest BCUT2D eigenvalue weighted by Crippen LogP contribution is 2.49. The summed E-state index contributed by atoms with van der Waals surface area (Å²) in [5, 5.41) is 3.33. The van der Waals surface area contributed by atoms with Gasteiger partial charge in [0.25, 0.3) is 0 Å². The van der Waals surface area contributed by atoms with Crippen LogP contribution in [-0.4, -0.2) is 12.1 Å². The molecule has 0 amide bonds. The van der Waals surface area contributed by atoms with Gasteiger partial charge in [-0.25, -0.2) is 0 Å². The molecule has 0 bridgehead atoms. The Balaban J connectivity index is 2.17. The molecule has 34 valence electrons. The zero-order chi connectivity index (χ0) is 4.20. The Hall–Kier alpha value is -0.0400. The summed E-state index contributed by atoms with van der Waals surface area (Å²) < 4.78 is 0. The van der Waals surface area contributed by atoms with Gasteiger partial charge < -0.3 is 5.32 Å². The van der Waals surface area contributed by atoms with E-state index < -0.39 is 0 Å². The van der Waals surface area contributed by atoms with E-state index in [0.717, 1.165) is 5.92 Å². The van der Waals surface area contributed by atoms with Gasteiger partial charge in [-0.15, -0.1) is 0 Å². The highest BCUT2D eigenvalue weighted by atomic mass is 15.2. The second-order valence-electron chi connectivity index (χ2n) is 2.61. The van der Waals surface area contributed by atoms with Crippen molar-refractivity contribution < 1.29 is 0 Å². The summed E-state index contributed by atoms with van der Waals surface area (Å²) in [6, 6.07) is 0. The minimum absolute atomic E-state index is 0.708. The van der Waals surface area contributed by atoms with Crippen LogP contribution in [0, 0.1) is 5.92 Å². The second-order valence-corrected chi connectivity index (χ2v) is 2.61. The Labute approximate surface area is 37.7 Å². The van der Waals surface area contributed by atoms with Crippen molar-refractivity contribution in [3.63, 3.8) is 0 Å². The van der Waals surface area contributed by atoms with E-state index in [1.165, 1.54) is 13.0 Å². The molecule has 1 heterocycles. The highest BCUT2D eigenvalue weighted by Gasteiger charge is 2.60. The number of nitrogens with one attached hydrogen (secondary N) is 1. The Bertz CT molecular complexity index is 83.9. The van der Waals surface area contributed by atoms with Gasteiger partial charge in [-0.3, -0.25) is 0 Å². The van der Waals surface area contributed by atoms with Crippen molar-refractivity contribution in [2.75, 3.05) is 6.54 Å². The lowest BCUT2D eigenvalue weighted by molar-refractivity contribution is 0.867. The first-order chi connectivity index (χ1) is 2.83. The normalized spacial score (nSPS) is 62.5. The summed E-state index contributed by atoms with van der Waals surface area (Å²) in [6.07, 6.45) is 1.44. The molecule has 1 spiro atoms. The molecule has 1 heteroatoms. The fraction of sp³-hybridized carbons (Fsp3) is 1.00. The number of hydrogen-bond acceptors (Lipinski definition) is 1. The molecular formula is C5H9N. The lowest BCUT2D eigenvalue weighted by Gasteiger charge is -1.70. The van der Waals surface area contributed by atoms with Crippen LogP contribution in [0.3, 0.4) is 0 Å². The van der Waals surface area contributed by atoms with Crippen molar-refractivity contribution in [3.8, 4) is 0 Å². The number of rotatable bonds is 0. The van der Waals surface area contributed by atoms with Crippen molar-refractivity contribution in [2.45, 2.75) is 18.9 Å². The molecule has 1 aliphatic carbocycles. The molecular weight excluding hydrogens is 74.1 g/mol. The highest BCUT2D eigenvalue weighted by molar-refractivity contribution is 5.20. The van der Waals surface area contributed by atoms with E-state index in [9.17, 15) is 0 Å². The van der Waals surface area contributed by atoms with Gasteiger partial charge in [0.15, 0.2) is 0 Å². The maximum atomic E-state index is 3.33. The fourth-order valence-electron chi connectivity index (χ4n) is 1.09. The van der Waals surface area contributed by atoms with Gasteiger partial charge in [0, 0.05) is 12.1 Å². The van der Waals surface area contributed by atoms with Crippen LogP contribution in [0.2, 0.25) is 0 Å². The molecule has 1 saturated carbocycles. The predicted octanol–water partition coefficient (Wildman–Crippen LogP) is 0.368. The first-order valence-corrected chi connectivity index (χ1v) is 2.58. The standard InChI is InChI=1S/C5H9N/c1-4-2-5(4)3-6-5/h4,6H,2-3H2,1H3. The van der Waals surface area contributed by atoms with Crippen LogP contribution < -0.4 is 5.32 Å². The summed E-state index contributed by atoms with van der Waals surface area (Å²) in [5.41, 5.74) is 0.708. The Morgan fingerprint density at radius 1 is 1.83 bits per heavy atom. The molecule has 1 aliphatic heterocycles. The molecule has 2 fully saturated rings. The maximum absolute atomic E-state index is 3.33. The summed E-state index contributed by atoms with van der Waals surface area (Å²) in [7, 11) is 0. The lowest BCUT2D eigenvalue weighted by atomic mass is 10.4. The van der Waals surface area contributed by atoms with Crippen LogP contribution in [0.4, 0.5) is 0 Å². The molecule has 6 heavy (non-hydrogen) atoms. The van der Waals surface area contributed by atoms with E-state index in [4.69, 9.17) is 0 Å². The van der Waals surface area contributed by atoms with Crippen LogP contribution in [0.5, 0.6) is 0 Å². The third kappa shape index (κ3) is 0.178. The van der Waals surface area contributed by atoms with Crippen LogP contribution in [0.1, 0.15) is 13.3 Å². The summed E-state index contributed by atoms with van der Waals surface area (Å²) >= 11 is 0. The van der Waals surface area contributed by atoms with Crippen LogP contribution in [-0.2, 0) is 0 Å². The van der Waals surface area contributed by atoms with Crippen molar-refractivity contribution >= 4 is 0 Å². The van der Waals surface area contributed by atoms with Crippen LogP contribution >= 0.6 is 0 Å². The summed E-state index contributed by atoms with van der Waals surface area (Å²) in [4.78, 5) is 0. The van der Waals surface area contributed by atoms with E-state index in [-0.39, 0.29) is 0 Å². The molecule has 2 rings (SSSR count). The molecule has 1 nitrogen and oxygen atoms in total. The minimum atomic E-state index is 0.708. The van der Waals surface area contributed by atoms with Crippen molar-refractivity contribution in [1.29, 1.82) is 0 Å². The van der Waals surface area contributed by atoms with Gasteiger partial charge in [0.1, 0.15) is 0 Å². The third-order valence-corrected chi connectivity index (χ3v) is 2.08. The molecule has 2 aliphatic rings. The molecule has 2 unspecified atom stereocenters. The zero-order valence-corrected chi connectivity index (χ0v) is 3.99. The van der Waals surface area contributed by atoms with E-state index >= 15 is 0 Å². The molecule has 1 saturated heterocycles. The lowest BCUT2D eigenvalue weighted by Crippen LogP contribution is -1.87. The smallest absolute Gasteiger partial charge is 0.0336 e. The van der Waals surface area contributed by atoms with Crippen LogP contribution in [0.15, 0.2) is 0 Å². The monoisotopic (exact) mass is 83.1 g/mol. The summed E-state index contributed by atoms with van der Waals surface area (Å²) in [6.45, 7) is 3.61. The van der Waals surface area contributed by atoms with Gasteiger partial charge in [0.05, 0.1) is 0 Å². The van der Waals surface area contributed by atoms with Crippen molar-refractivity contribution in [1.82, 2.24) is 5.32 Å². The van der Waals surface area contributed by atoms with Gasteiger partial charge in [-0.2, -0.15) is 0 Å². The molecule has 0 radical (unpaired) electrons. The zero-order valence-electron chi connectivity index (χ0n) is 3.99. The van der Waals surface area contributed by atoms with E-state index in [2.05, 4.69) is 12.2 Å². The average Bonchev–Trinajstić information content (AvgIpc) is 2.25. The first kappa shape index (κ1) is 3.03. The van der Waals surface area contributed by atoms with Gasteiger partial charge in [-0.05, 0) is 12.3 Å². The molecule has 0 aromatic heterocycles. The number of hydrogen-bond donors (Lipinski definition) is 1. The van der Waals surface area contributed by atoms with Gasteiger partial charge in [0.2, 0.25) is 0 Å². The van der Waals surface area contributed by atoms with Crippen molar-refractivity contribution in [2.24, 2.45) is 5.92 Å². The molecule has 0 aromatic carbocycles. The van der Waals surface area contributed by atoms with E-state index in [1.54, 1.807) is 0 Å². The second kappa shape index (κ2) is 0.544. The van der Waals surface area contributed by atoms with Gasteiger partial charge in [-0.1, -0.05) is 6.92 Å². The minimum Gasteiger partial charge on any atom is -0.308 e. The average molecular weight is 83.1 g/mol. The molecule has 1 N–H and O–H groups in total. The third-order valence-electron chi connectivity index (χ3n) is 2.08. The Morgan fingerprint density at radius 2 is 2.33 bits per heavy atom. The quantitative estimate of drug-likeness (QED) is 0.420. The SMILES string of the molecule is CC1CC12CN2. The topological polar surface area (TPSA) is 21.9 Å². The first-order valence-electron chi connectivity index (χ1n) is 2.58. The predicted molar refractivity (Wildman–Crippen MR) is 24.5 cm³/mol. The Kier molecular flexibility index (Phi) is 0.274. The van der Waals surface area contributed by atoms with E-state index in [0.29, 0.717) is 5.54 Å².